The monoisotopic (exact) mass is 229 g/mol. The van der Waals surface area contributed by atoms with Gasteiger partial charge in [0.05, 0.1) is 6.10 Å². The predicted octanol–water partition coefficient (Wildman–Crippen LogP) is 0.257. The van der Waals surface area contributed by atoms with E-state index >= 15 is 0 Å². The lowest BCUT2D eigenvalue weighted by Gasteiger charge is -2.32. The number of nitrogens with one attached hydrogen (secondary N) is 1. The number of rotatable bonds is 6. The summed E-state index contributed by atoms with van der Waals surface area (Å²) in [5.41, 5.74) is 2.15. The van der Waals surface area contributed by atoms with Crippen LogP contribution in [0.2, 0.25) is 0 Å². The first-order valence-corrected chi connectivity index (χ1v) is 6.09. The molecule has 1 amide bonds. The molecule has 0 aromatic rings. The Bertz CT molecular complexity index is 211. The largest absolute Gasteiger partial charge is 0.377 e. The number of piperidine rings is 1. The fraction of sp³-hybridized carbons (Fsp3) is 0.909. The molecule has 0 aromatic heterocycles. The Labute approximate surface area is 97.3 Å². The van der Waals surface area contributed by atoms with Crippen molar-refractivity contribution in [3.63, 3.8) is 0 Å². The van der Waals surface area contributed by atoms with Crippen molar-refractivity contribution < 1.29 is 9.53 Å². The highest BCUT2D eigenvalue weighted by Gasteiger charge is 2.20. The number of carbonyl (C=O) groups is 1. The topological polar surface area (TPSA) is 67.6 Å². The average molecular weight is 229 g/mol. The molecular formula is C11H23N3O2. The molecule has 16 heavy (non-hydrogen) atoms. The van der Waals surface area contributed by atoms with Crippen LogP contribution in [0.4, 0.5) is 0 Å². The van der Waals surface area contributed by atoms with Crippen LogP contribution in [0.1, 0.15) is 32.6 Å². The summed E-state index contributed by atoms with van der Waals surface area (Å²) < 4.78 is 5.73. The maximum Gasteiger partial charge on any atom is 0.235 e. The van der Waals surface area contributed by atoms with Crippen molar-refractivity contribution in [1.82, 2.24) is 10.3 Å². The summed E-state index contributed by atoms with van der Waals surface area (Å²) in [5.74, 6) is 4.94. The predicted molar refractivity (Wildman–Crippen MR) is 62.7 cm³/mol. The van der Waals surface area contributed by atoms with Crippen LogP contribution in [0.15, 0.2) is 0 Å². The molecule has 5 nitrogen and oxygen atoms in total. The van der Waals surface area contributed by atoms with Gasteiger partial charge in [-0.1, -0.05) is 6.92 Å². The van der Waals surface area contributed by atoms with Gasteiger partial charge in [0.1, 0.15) is 0 Å². The number of hydrogen-bond donors (Lipinski definition) is 2. The van der Waals surface area contributed by atoms with E-state index in [9.17, 15) is 4.79 Å². The van der Waals surface area contributed by atoms with Gasteiger partial charge in [-0.15, -0.1) is 0 Å². The van der Waals surface area contributed by atoms with Gasteiger partial charge in [0.25, 0.3) is 0 Å². The molecule has 0 aromatic carbocycles. The van der Waals surface area contributed by atoms with Crippen LogP contribution in [-0.2, 0) is 9.53 Å². The molecule has 94 valence electrons. The first kappa shape index (κ1) is 13.4. The van der Waals surface area contributed by atoms with Crippen LogP contribution < -0.4 is 11.3 Å². The number of likely N-dealkylation sites (tertiary alicyclic amines) is 1. The van der Waals surface area contributed by atoms with Crippen LogP contribution in [0.25, 0.3) is 0 Å². The van der Waals surface area contributed by atoms with Gasteiger partial charge in [-0.3, -0.25) is 10.2 Å². The smallest absolute Gasteiger partial charge is 0.235 e. The molecule has 1 heterocycles. The van der Waals surface area contributed by atoms with Gasteiger partial charge in [0, 0.05) is 26.1 Å². The highest BCUT2D eigenvalue weighted by molar-refractivity contribution is 5.75. The summed E-state index contributed by atoms with van der Waals surface area (Å²) >= 11 is 0. The molecule has 1 atom stereocenters. The van der Waals surface area contributed by atoms with Crippen molar-refractivity contribution in [2.45, 2.75) is 38.7 Å². The normalized spacial score (nSPS) is 22.0. The first-order valence-electron chi connectivity index (χ1n) is 6.09. The number of nitrogens with two attached hydrogens (primary N) is 1. The lowest BCUT2D eigenvalue weighted by molar-refractivity contribution is -0.121. The van der Waals surface area contributed by atoms with Crippen molar-refractivity contribution in [2.75, 3.05) is 26.2 Å². The van der Waals surface area contributed by atoms with Gasteiger partial charge in [-0.2, -0.15) is 0 Å². The van der Waals surface area contributed by atoms with E-state index in [-0.39, 0.29) is 5.91 Å². The van der Waals surface area contributed by atoms with E-state index in [0.29, 0.717) is 12.5 Å². The lowest BCUT2D eigenvalue weighted by Crippen LogP contribution is -2.42. The number of nitrogens with zero attached hydrogens (tertiary/aromatic N) is 1. The molecule has 1 fully saturated rings. The number of carbonyl (C=O) groups excluding carboxylic acids is 1. The van der Waals surface area contributed by atoms with E-state index in [0.717, 1.165) is 45.5 Å². The summed E-state index contributed by atoms with van der Waals surface area (Å²) in [5, 5.41) is 0. The highest BCUT2D eigenvalue weighted by Crippen LogP contribution is 2.13. The Hall–Kier alpha value is -0.650. The highest BCUT2D eigenvalue weighted by atomic mass is 16.5. The van der Waals surface area contributed by atoms with E-state index in [1.165, 1.54) is 0 Å². The molecule has 0 radical (unpaired) electrons. The third-order valence-electron chi connectivity index (χ3n) is 2.84. The van der Waals surface area contributed by atoms with Crippen LogP contribution in [0.5, 0.6) is 0 Å². The van der Waals surface area contributed by atoms with Gasteiger partial charge in [-0.25, -0.2) is 5.84 Å². The molecular weight excluding hydrogens is 206 g/mol. The molecule has 5 heteroatoms. The van der Waals surface area contributed by atoms with Gasteiger partial charge in [0.15, 0.2) is 0 Å². The SMILES string of the molecule is CCCOC1CCCN(CCC(=O)NN)C1. The van der Waals surface area contributed by atoms with Gasteiger partial charge >= 0.3 is 0 Å². The first-order chi connectivity index (χ1) is 7.76. The molecule has 1 aliphatic heterocycles. The minimum Gasteiger partial charge on any atom is -0.377 e. The van der Waals surface area contributed by atoms with Crippen LogP contribution in [0.3, 0.4) is 0 Å². The Morgan fingerprint density at radius 3 is 3.12 bits per heavy atom. The maximum atomic E-state index is 11.0. The van der Waals surface area contributed by atoms with E-state index in [1.54, 1.807) is 0 Å². The van der Waals surface area contributed by atoms with Crippen molar-refractivity contribution in [1.29, 1.82) is 0 Å². The van der Waals surface area contributed by atoms with Gasteiger partial charge in [0.2, 0.25) is 5.91 Å². The van der Waals surface area contributed by atoms with Crippen LogP contribution >= 0.6 is 0 Å². The average Bonchev–Trinajstić information content (AvgIpc) is 2.34. The molecule has 0 aliphatic carbocycles. The molecule has 0 spiro atoms. The standard InChI is InChI=1S/C11H23N3O2/c1-2-8-16-10-4-3-6-14(9-10)7-5-11(15)13-12/h10H,2-9,12H2,1H3,(H,13,15). The van der Waals surface area contributed by atoms with Crippen molar-refractivity contribution >= 4 is 5.91 Å². The third kappa shape index (κ3) is 4.92. The van der Waals surface area contributed by atoms with Gasteiger partial charge < -0.3 is 9.64 Å². The Morgan fingerprint density at radius 1 is 1.62 bits per heavy atom. The molecule has 1 aliphatic rings. The molecule has 0 bridgehead atoms. The third-order valence-corrected chi connectivity index (χ3v) is 2.84. The van der Waals surface area contributed by atoms with E-state index < -0.39 is 0 Å². The number of hydrazine groups is 1. The number of amides is 1. The zero-order valence-corrected chi connectivity index (χ0v) is 10.1. The van der Waals surface area contributed by atoms with E-state index in [4.69, 9.17) is 10.6 Å². The maximum absolute atomic E-state index is 11.0. The molecule has 0 saturated carbocycles. The van der Waals surface area contributed by atoms with Crippen molar-refractivity contribution in [3.8, 4) is 0 Å². The second-order valence-corrected chi connectivity index (χ2v) is 4.25. The van der Waals surface area contributed by atoms with E-state index in [1.807, 2.05) is 0 Å². The second-order valence-electron chi connectivity index (χ2n) is 4.25. The second kappa shape index (κ2) is 7.60. The fourth-order valence-electron chi connectivity index (χ4n) is 1.97. The Morgan fingerprint density at radius 2 is 2.44 bits per heavy atom. The molecule has 3 N–H and O–H groups in total. The Kier molecular flexibility index (Phi) is 6.37. The van der Waals surface area contributed by atoms with Gasteiger partial charge in [-0.05, 0) is 25.8 Å². The zero-order chi connectivity index (χ0) is 11.8. The molecule has 1 unspecified atom stereocenters. The summed E-state index contributed by atoms with van der Waals surface area (Å²) in [6.07, 6.45) is 4.16. The van der Waals surface area contributed by atoms with Crippen LogP contribution in [-0.4, -0.2) is 43.2 Å². The van der Waals surface area contributed by atoms with Crippen molar-refractivity contribution in [3.05, 3.63) is 0 Å². The van der Waals surface area contributed by atoms with Crippen LogP contribution in [0, 0.1) is 0 Å². The Balaban J connectivity index is 2.19. The van der Waals surface area contributed by atoms with Crippen molar-refractivity contribution in [2.24, 2.45) is 5.84 Å². The summed E-state index contributed by atoms with van der Waals surface area (Å²) in [6, 6.07) is 0. The molecule has 1 saturated heterocycles. The minimum absolute atomic E-state index is 0.100. The summed E-state index contributed by atoms with van der Waals surface area (Å²) in [6.45, 7) is 5.73. The number of ether oxygens (including phenoxy) is 1. The minimum atomic E-state index is -0.100. The zero-order valence-electron chi connectivity index (χ0n) is 10.1. The lowest BCUT2D eigenvalue weighted by atomic mass is 10.1. The number of hydrogen-bond acceptors (Lipinski definition) is 4. The molecule has 1 rings (SSSR count). The van der Waals surface area contributed by atoms with E-state index in [2.05, 4.69) is 17.2 Å². The quantitative estimate of drug-likeness (QED) is 0.389. The fourth-order valence-corrected chi connectivity index (χ4v) is 1.97. The summed E-state index contributed by atoms with van der Waals surface area (Å²) in [7, 11) is 0. The summed E-state index contributed by atoms with van der Waals surface area (Å²) in [4.78, 5) is 13.3.